The molecule has 0 rings (SSSR count). The predicted molar refractivity (Wildman–Crippen MR) is 64.3 cm³/mol. The molecule has 1 atom stereocenters. The Morgan fingerprint density at radius 3 is 2.31 bits per heavy atom. The number of sulfonamides is 1. The molecular formula is C8H16N2O4S2. The molecule has 0 heterocycles. The molecule has 8 heteroatoms. The third-order valence-electron chi connectivity index (χ3n) is 1.82. The van der Waals surface area contributed by atoms with Gasteiger partial charge in [0.05, 0.1) is 18.1 Å². The molecule has 0 aliphatic rings. The Bertz CT molecular complexity index is 364. The number of hydrogen-bond acceptors (Lipinski definition) is 5. The maximum absolute atomic E-state index is 11.5. The number of carbonyl (C=O) groups excluding carboxylic acids is 1. The van der Waals surface area contributed by atoms with Gasteiger partial charge in [0.1, 0.15) is 0 Å². The Labute approximate surface area is 101 Å². The van der Waals surface area contributed by atoms with E-state index in [2.05, 4.69) is 9.46 Å². The van der Waals surface area contributed by atoms with Gasteiger partial charge in [0.15, 0.2) is 5.75 Å². The van der Waals surface area contributed by atoms with E-state index in [4.69, 9.17) is 18.0 Å². The van der Waals surface area contributed by atoms with Crippen molar-refractivity contribution in [2.24, 2.45) is 11.7 Å². The summed E-state index contributed by atoms with van der Waals surface area (Å²) in [5, 5.41) is 0. The summed E-state index contributed by atoms with van der Waals surface area (Å²) in [5.74, 6) is -1.67. The van der Waals surface area contributed by atoms with Crippen LogP contribution in [0.5, 0.6) is 0 Å². The second-order valence-corrected chi connectivity index (χ2v) is 5.80. The Balaban J connectivity index is 4.68. The molecular weight excluding hydrogens is 252 g/mol. The topological polar surface area (TPSA) is 98.5 Å². The van der Waals surface area contributed by atoms with Crippen LogP contribution < -0.4 is 10.5 Å². The van der Waals surface area contributed by atoms with Crippen LogP contribution in [0.3, 0.4) is 0 Å². The van der Waals surface area contributed by atoms with Crippen molar-refractivity contribution in [3.63, 3.8) is 0 Å². The predicted octanol–water partition coefficient (Wildman–Crippen LogP) is -0.610. The number of esters is 1. The maximum Gasteiger partial charge on any atom is 0.322 e. The maximum atomic E-state index is 11.5. The summed E-state index contributed by atoms with van der Waals surface area (Å²) in [5.41, 5.74) is 5.40. The summed E-state index contributed by atoms with van der Waals surface area (Å²) < 4.78 is 29.5. The van der Waals surface area contributed by atoms with Gasteiger partial charge in [0.2, 0.25) is 10.0 Å². The van der Waals surface area contributed by atoms with Crippen molar-refractivity contribution in [3.05, 3.63) is 0 Å². The van der Waals surface area contributed by atoms with E-state index in [9.17, 15) is 13.2 Å². The first-order chi connectivity index (χ1) is 7.19. The smallest absolute Gasteiger partial charge is 0.322 e. The van der Waals surface area contributed by atoms with E-state index < -0.39 is 27.8 Å². The summed E-state index contributed by atoms with van der Waals surface area (Å²) in [6, 6.07) is -0.662. The number of carbonyl (C=O) groups is 1. The van der Waals surface area contributed by atoms with E-state index in [0.717, 1.165) is 7.11 Å². The van der Waals surface area contributed by atoms with Crippen molar-refractivity contribution in [3.8, 4) is 0 Å². The standard InChI is InChI=1S/C8H16N2O4S2/c1-5(2)7(8(9)15)10-16(12,13)4-6(11)14-3/h5,7,10H,4H2,1-3H3,(H2,9,15). The highest BCUT2D eigenvalue weighted by atomic mass is 32.2. The van der Waals surface area contributed by atoms with Gasteiger partial charge in [-0.1, -0.05) is 26.1 Å². The largest absolute Gasteiger partial charge is 0.468 e. The highest BCUT2D eigenvalue weighted by molar-refractivity contribution is 7.90. The lowest BCUT2D eigenvalue weighted by molar-refractivity contribution is -0.137. The van der Waals surface area contributed by atoms with Crippen molar-refractivity contribution in [1.29, 1.82) is 0 Å². The molecule has 6 nitrogen and oxygen atoms in total. The van der Waals surface area contributed by atoms with Crippen LogP contribution in [0.25, 0.3) is 0 Å². The Morgan fingerprint density at radius 1 is 1.50 bits per heavy atom. The highest BCUT2D eigenvalue weighted by Gasteiger charge is 2.25. The van der Waals surface area contributed by atoms with Gasteiger partial charge < -0.3 is 10.5 Å². The van der Waals surface area contributed by atoms with E-state index in [0.29, 0.717) is 0 Å². The first-order valence-corrected chi connectivity index (χ1v) is 6.61. The van der Waals surface area contributed by atoms with Crippen molar-refractivity contribution in [2.75, 3.05) is 12.9 Å². The molecule has 0 aromatic carbocycles. The summed E-state index contributed by atoms with van der Waals surface area (Å²) in [4.78, 5) is 10.9. The van der Waals surface area contributed by atoms with Gasteiger partial charge in [0.25, 0.3) is 0 Å². The number of nitrogens with one attached hydrogen (secondary N) is 1. The molecule has 0 amide bonds. The minimum absolute atomic E-state index is 0.0449. The molecule has 0 aromatic heterocycles. The van der Waals surface area contributed by atoms with E-state index in [1.807, 2.05) is 0 Å². The van der Waals surface area contributed by atoms with Crippen LogP contribution in [0.2, 0.25) is 0 Å². The quantitative estimate of drug-likeness (QED) is 0.492. The molecule has 0 fully saturated rings. The fourth-order valence-electron chi connectivity index (χ4n) is 0.972. The van der Waals surface area contributed by atoms with Crippen molar-refractivity contribution < 1.29 is 17.9 Å². The fourth-order valence-corrected chi connectivity index (χ4v) is 2.68. The van der Waals surface area contributed by atoms with Crippen LogP contribution >= 0.6 is 12.2 Å². The van der Waals surface area contributed by atoms with E-state index in [1.54, 1.807) is 13.8 Å². The van der Waals surface area contributed by atoms with Gasteiger partial charge in [-0.2, -0.15) is 0 Å². The summed E-state index contributed by atoms with van der Waals surface area (Å²) in [6.07, 6.45) is 0. The third kappa shape index (κ3) is 5.38. The molecule has 0 aromatic rings. The molecule has 94 valence electrons. The minimum Gasteiger partial charge on any atom is -0.468 e. The molecule has 0 bridgehead atoms. The molecule has 0 saturated heterocycles. The number of hydrogen-bond donors (Lipinski definition) is 2. The second kappa shape index (κ2) is 6.12. The lowest BCUT2D eigenvalue weighted by Gasteiger charge is -2.20. The zero-order valence-electron chi connectivity index (χ0n) is 9.39. The lowest BCUT2D eigenvalue weighted by Crippen LogP contribution is -2.48. The van der Waals surface area contributed by atoms with E-state index >= 15 is 0 Å². The molecule has 0 aliphatic heterocycles. The van der Waals surface area contributed by atoms with Crippen LogP contribution in [-0.4, -0.2) is 38.3 Å². The van der Waals surface area contributed by atoms with Gasteiger partial charge in [-0.3, -0.25) is 4.79 Å². The fraction of sp³-hybridized carbons (Fsp3) is 0.750. The molecule has 0 radical (unpaired) electrons. The lowest BCUT2D eigenvalue weighted by atomic mass is 10.1. The monoisotopic (exact) mass is 268 g/mol. The van der Waals surface area contributed by atoms with Crippen molar-refractivity contribution >= 4 is 33.2 Å². The highest BCUT2D eigenvalue weighted by Crippen LogP contribution is 2.04. The first kappa shape index (κ1) is 15.3. The number of methoxy groups -OCH3 is 1. The zero-order valence-corrected chi connectivity index (χ0v) is 11.0. The molecule has 0 aliphatic carbocycles. The normalized spacial score (nSPS) is 13.5. The van der Waals surface area contributed by atoms with Gasteiger partial charge in [0, 0.05) is 0 Å². The minimum atomic E-state index is -3.77. The van der Waals surface area contributed by atoms with Gasteiger partial charge >= 0.3 is 5.97 Å². The van der Waals surface area contributed by atoms with Crippen LogP contribution in [-0.2, 0) is 19.6 Å². The number of thiocarbonyl (C=S) groups is 1. The summed E-state index contributed by atoms with van der Waals surface area (Å²) in [7, 11) is -2.66. The first-order valence-electron chi connectivity index (χ1n) is 4.55. The Kier molecular flexibility index (Phi) is 5.84. The van der Waals surface area contributed by atoms with Crippen molar-refractivity contribution in [1.82, 2.24) is 4.72 Å². The van der Waals surface area contributed by atoms with Crippen LogP contribution in [0, 0.1) is 5.92 Å². The average molecular weight is 268 g/mol. The second-order valence-electron chi connectivity index (χ2n) is 3.58. The van der Waals surface area contributed by atoms with Gasteiger partial charge in [-0.25, -0.2) is 13.1 Å². The average Bonchev–Trinajstić information content (AvgIpc) is 2.12. The van der Waals surface area contributed by atoms with E-state index in [-0.39, 0.29) is 10.9 Å². The number of rotatable bonds is 6. The molecule has 16 heavy (non-hydrogen) atoms. The Morgan fingerprint density at radius 2 is 2.00 bits per heavy atom. The Hall–Kier alpha value is -0.730. The SMILES string of the molecule is COC(=O)CS(=O)(=O)NC(C(N)=S)C(C)C. The number of ether oxygens (including phenoxy) is 1. The van der Waals surface area contributed by atoms with Crippen molar-refractivity contribution in [2.45, 2.75) is 19.9 Å². The van der Waals surface area contributed by atoms with E-state index in [1.165, 1.54) is 0 Å². The molecule has 3 N–H and O–H groups in total. The van der Waals surface area contributed by atoms with Gasteiger partial charge in [-0.05, 0) is 5.92 Å². The molecule has 0 saturated carbocycles. The zero-order chi connectivity index (χ0) is 12.9. The molecule has 1 unspecified atom stereocenters. The molecule has 0 spiro atoms. The number of nitrogens with two attached hydrogens (primary N) is 1. The summed E-state index contributed by atoms with van der Waals surface area (Å²) >= 11 is 4.74. The van der Waals surface area contributed by atoms with Gasteiger partial charge in [-0.15, -0.1) is 0 Å². The van der Waals surface area contributed by atoms with Crippen LogP contribution in [0.1, 0.15) is 13.8 Å². The summed E-state index contributed by atoms with van der Waals surface area (Å²) in [6.45, 7) is 3.54. The third-order valence-corrected chi connectivity index (χ3v) is 3.30. The van der Waals surface area contributed by atoms with Crippen LogP contribution in [0.15, 0.2) is 0 Å². The van der Waals surface area contributed by atoms with Crippen LogP contribution in [0.4, 0.5) is 0 Å².